The molecule has 0 bridgehead atoms. The average Bonchev–Trinajstić information content (AvgIpc) is 2.91. The van der Waals surface area contributed by atoms with Crippen molar-refractivity contribution < 1.29 is 4.79 Å². The Morgan fingerprint density at radius 3 is 2.40 bits per heavy atom. The van der Waals surface area contributed by atoms with E-state index in [1.54, 1.807) is 17.8 Å². The summed E-state index contributed by atoms with van der Waals surface area (Å²) >= 11 is 13.7. The molecule has 25 heavy (non-hydrogen) atoms. The fourth-order valence-corrected chi connectivity index (χ4v) is 3.91. The third-order valence-electron chi connectivity index (χ3n) is 4.01. The molecular weight excluding hydrogens is 373 g/mol. The minimum atomic E-state index is 0.119. The van der Waals surface area contributed by atoms with E-state index in [2.05, 4.69) is 0 Å². The highest BCUT2D eigenvalue weighted by molar-refractivity contribution is 8.00. The molecule has 0 aliphatic carbocycles. The molecule has 3 aromatic rings. The van der Waals surface area contributed by atoms with Gasteiger partial charge < -0.3 is 4.57 Å². The second-order valence-electron chi connectivity index (χ2n) is 5.74. The summed E-state index contributed by atoms with van der Waals surface area (Å²) in [6.45, 7) is 3.94. The maximum absolute atomic E-state index is 12.7. The van der Waals surface area contributed by atoms with Crippen molar-refractivity contribution in [3.05, 3.63) is 81.6 Å². The molecule has 0 spiro atoms. The highest BCUT2D eigenvalue weighted by Gasteiger charge is 2.17. The van der Waals surface area contributed by atoms with Crippen molar-refractivity contribution in [1.82, 2.24) is 4.57 Å². The molecule has 3 rings (SSSR count). The Morgan fingerprint density at radius 2 is 1.72 bits per heavy atom. The standard InChI is InChI=1S/C20H17Cl2NOS/c1-13-10-17(20(24)12-25-16-6-4-3-5-7-16)14(2)23(13)15-8-9-18(21)19(22)11-15/h3-11H,12H2,1-2H3. The van der Waals surface area contributed by atoms with Gasteiger partial charge in [0.1, 0.15) is 0 Å². The highest BCUT2D eigenvalue weighted by Crippen LogP contribution is 2.28. The molecular formula is C20H17Cl2NOS. The van der Waals surface area contributed by atoms with Crippen LogP contribution < -0.4 is 0 Å². The van der Waals surface area contributed by atoms with Gasteiger partial charge in [0.25, 0.3) is 0 Å². The summed E-state index contributed by atoms with van der Waals surface area (Å²) in [5.41, 5.74) is 3.55. The second-order valence-corrected chi connectivity index (χ2v) is 7.61. The van der Waals surface area contributed by atoms with E-state index in [-0.39, 0.29) is 5.78 Å². The van der Waals surface area contributed by atoms with E-state index in [0.29, 0.717) is 15.8 Å². The number of carbonyl (C=O) groups excluding carboxylic acids is 1. The normalized spacial score (nSPS) is 10.9. The smallest absolute Gasteiger partial charge is 0.174 e. The number of halogens is 2. The SMILES string of the molecule is Cc1cc(C(=O)CSc2ccccc2)c(C)n1-c1ccc(Cl)c(Cl)c1. The van der Waals surface area contributed by atoms with Crippen molar-refractivity contribution >= 4 is 40.7 Å². The molecule has 2 nitrogen and oxygen atoms in total. The molecule has 5 heteroatoms. The molecule has 1 aromatic heterocycles. The van der Waals surface area contributed by atoms with Crippen LogP contribution in [0.3, 0.4) is 0 Å². The lowest BCUT2D eigenvalue weighted by atomic mass is 10.2. The molecule has 0 unspecified atom stereocenters. The van der Waals surface area contributed by atoms with Crippen LogP contribution in [0.2, 0.25) is 10.0 Å². The maximum Gasteiger partial charge on any atom is 0.174 e. The lowest BCUT2D eigenvalue weighted by molar-refractivity contribution is 0.102. The third kappa shape index (κ3) is 3.95. The molecule has 0 saturated heterocycles. The van der Waals surface area contributed by atoms with Gasteiger partial charge in [-0.15, -0.1) is 11.8 Å². The van der Waals surface area contributed by atoms with Crippen molar-refractivity contribution in [2.45, 2.75) is 18.7 Å². The number of hydrogen-bond acceptors (Lipinski definition) is 2. The Labute approximate surface area is 161 Å². The summed E-state index contributed by atoms with van der Waals surface area (Å²) in [5, 5.41) is 1.02. The van der Waals surface area contributed by atoms with E-state index in [4.69, 9.17) is 23.2 Å². The van der Waals surface area contributed by atoms with Crippen LogP contribution in [0.4, 0.5) is 0 Å². The Morgan fingerprint density at radius 1 is 1.00 bits per heavy atom. The van der Waals surface area contributed by atoms with Gasteiger partial charge in [0.2, 0.25) is 0 Å². The van der Waals surface area contributed by atoms with Crippen molar-refractivity contribution in [3.8, 4) is 5.69 Å². The molecule has 0 aliphatic heterocycles. The van der Waals surface area contributed by atoms with Gasteiger partial charge in [0.15, 0.2) is 5.78 Å². The summed E-state index contributed by atoms with van der Waals surface area (Å²) in [7, 11) is 0. The zero-order valence-electron chi connectivity index (χ0n) is 13.9. The number of Topliss-reactive ketones (excluding diaryl/α,β-unsaturated/α-hetero) is 1. The quantitative estimate of drug-likeness (QED) is 0.373. The van der Waals surface area contributed by atoms with Crippen molar-refractivity contribution in [2.24, 2.45) is 0 Å². The van der Waals surface area contributed by atoms with E-state index in [1.165, 1.54) is 0 Å². The monoisotopic (exact) mass is 389 g/mol. The number of aromatic nitrogens is 1. The average molecular weight is 390 g/mol. The number of benzene rings is 2. The van der Waals surface area contributed by atoms with Crippen LogP contribution in [-0.4, -0.2) is 16.1 Å². The van der Waals surface area contributed by atoms with Crippen LogP contribution in [0.1, 0.15) is 21.7 Å². The van der Waals surface area contributed by atoms with Crippen LogP contribution >= 0.6 is 35.0 Å². The summed E-state index contributed by atoms with van der Waals surface area (Å²) < 4.78 is 2.03. The van der Waals surface area contributed by atoms with E-state index < -0.39 is 0 Å². The fraction of sp³-hybridized carbons (Fsp3) is 0.150. The van der Waals surface area contributed by atoms with Crippen LogP contribution in [0, 0.1) is 13.8 Å². The molecule has 0 atom stereocenters. The lowest BCUT2D eigenvalue weighted by Gasteiger charge is -2.11. The van der Waals surface area contributed by atoms with E-state index in [0.717, 1.165) is 27.5 Å². The van der Waals surface area contributed by atoms with Crippen LogP contribution in [0.15, 0.2) is 59.5 Å². The molecule has 0 aliphatic rings. The first-order chi connectivity index (χ1) is 12.0. The molecule has 0 amide bonds. The first-order valence-corrected chi connectivity index (χ1v) is 9.57. The topological polar surface area (TPSA) is 22.0 Å². The van der Waals surface area contributed by atoms with Gasteiger partial charge >= 0.3 is 0 Å². The van der Waals surface area contributed by atoms with Crippen LogP contribution in [-0.2, 0) is 0 Å². The van der Waals surface area contributed by atoms with Gasteiger partial charge in [-0.25, -0.2) is 0 Å². The van der Waals surface area contributed by atoms with Gasteiger partial charge in [-0.3, -0.25) is 4.79 Å². The Kier molecular flexibility index (Phi) is 5.57. The Balaban J connectivity index is 1.86. The summed E-state index contributed by atoms with van der Waals surface area (Å²) in [5.74, 6) is 0.531. The molecule has 128 valence electrons. The predicted molar refractivity (Wildman–Crippen MR) is 107 cm³/mol. The van der Waals surface area contributed by atoms with Gasteiger partial charge in [-0.2, -0.15) is 0 Å². The van der Waals surface area contributed by atoms with Gasteiger partial charge in [0, 0.05) is 27.5 Å². The molecule has 0 N–H and O–H groups in total. The number of ketones is 1. The lowest BCUT2D eigenvalue weighted by Crippen LogP contribution is -2.05. The molecule has 0 fully saturated rings. The summed E-state index contributed by atoms with van der Waals surface area (Å²) in [6, 6.07) is 17.4. The number of rotatable bonds is 5. The largest absolute Gasteiger partial charge is 0.318 e. The first kappa shape index (κ1) is 18.1. The zero-order chi connectivity index (χ0) is 18.0. The first-order valence-electron chi connectivity index (χ1n) is 7.83. The van der Waals surface area contributed by atoms with Crippen molar-refractivity contribution in [1.29, 1.82) is 0 Å². The fourth-order valence-electron chi connectivity index (χ4n) is 2.81. The number of carbonyl (C=O) groups is 1. The van der Waals surface area contributed by atoms with Crippen LogP contribution in [0.5, 0.6) is 0 Å². The van der Waals surface area contributed by atoms with Gasteiger partial charge in [-0.1, -0.05) is 41.4 Å². The number of aryl methyl sites for hydroxylation is 1. The molecule has 1 heterocycles. The van der Waals surface area contributed by atoms with Crippen LogP contribution in [0.25, 0.3) is 5.69 Å². The minimum absolute atomic E-state index is 0.119. The number of hydrogen-bond donors (Lipinski definition) is 0. The third-order valence-corrected chi connectivity index (χ3v) is 5.76. The Bertz CT molecular complexity index is 919. The molecule has 2 aromatic carbocycles. The van der Waals surface area contributed by atoms with E-state index in [1.807, 2.05) is 66.9 Å². The Hall–Kier alpha value is -1.68. The van der Waals surface area contributed by atoms with E-state index >= 15 is 0 Å². The highest BCUT2D eigenvalue weighted by atomic mass is 35.5. The summed E-state index contributed by atoms with van der Waals surface area (Å²) in [4.78, 5) is 13.8. The second kappa shape index (κ2) is 7.69. The minimum Gasteiger partial charge on any atom is -0.318 e. The molecule has 0 radical (unpaired) electrons. The number of nitrogens with zero attached hydrogens (tertiary/aromatic N) is 1. The maximum atomic E-state index is 12.7. The van der Waals surface area contributed by atoms with E-state index in [9.17, 15) is 4.79 Å². The molecule has 0 saturated carbocycles. The van der Waals surface area contributed by atoms with Gasteiger partial charge in [-0.05, 0) is 50.2 Å². The zero-order valence-corrected chi connectivity index (χ0v) is 16.3. The van der Waals surface area contributed by atoms with Crippen molar-refractivity contribution in [2.75, 3.05) is 5.75 Å². The summed E-state index contributed by atoms with van der Waals surface area (Å²) in [6.07, 6.45) is 0. The predicted octanol–water partition coefficient (Wildman–Crippen LogP) is 6.38. The van der Waals surface area contributed by atoms with Crippen molar-refractivity contribution in [3.63, 3.8) is 0 Å². The number of thioether (sulfide) groups is 1. The van der Waals surface area contributed by atoms with Gasteiger partial charge in [0.05, 0.1) is 15.8 Å².